The molecule has 0 saturated heterocycles. The molecule has 0 aliphatic heterocycles. The smallest absolute Gasteiger partial charge is 0.0494 e. The predicted molar refractivity (Wildman–Crippen MR) is 153 cm³/mol. The van der Waals surface area contributed by atoms with E-state index in [4.69, 9.17) is 0 Å². The number of nitrogens with one attached hydrogen (secondary N) is 2. The summed E-state index contributed by atoms with van der Waals surface area (Å²) in [4.78, 5) is 0. The summed E-state index contributed by atoms with van der Waals surface area (Å²) >= 11 is 0. The van der Waals surface area contributed by atoms with Gasteiger partial charge in [-0.3, -0.25) is 0 Å². The van der Waals surface area contributed by atoms with Crippen LogP contribution in [-0.2, 0) is 7.05 Å². The second kappa shape index (κ2) is 9.94. The maximum Gasteiger partial charge on any atom is 0.0494 e. The highest BCUT2D eigenvalue weighted by atomic mass is 14.9. The van der Waals surface area contributed by atoms with Crippen molar-refractivity contribution in [3.63, 3.8) is 0 Å². The molecule has 0 spiro atoms. The van der Waals surface area contributed by atoms with E-state index in [1.165, 1.54) is 49.6 Å². The predicted octanol–water partition coefficient (Wildman–Crippen LogP) is 7.62. The third kappa shape index (κ3) is 4.85. The van der Waals surface area contributed by atoms with Crippen LogP contribution in [-0.4, -0.2) is 18.2 Å². The number of rotatable bonds is 7. The van der Waals surface area contributed by atoms with Crippen LogP contribution in [0.3, 0.4) is 0 Å². The van der Waals surface area contributed by atoms with Crippen molar-refractivity contribution in [2.24, 2.45) is 7.05 Å². The number of hydrogen-bond acceptors (Lipinski definition) is 2. The molecule has 0 radical (unpaired) electrons. The summed E-state index contributed by atoms with van der Waals surface area (Å²) in [6, 6.07) is 30.8. The Kier molecular flexibility index (Phi) is 6.40. The zero-order chi connectivity index (χ0) is 24.2. The molecule has 35 heavy (non-hydrogen) atoms. The molecule has 1 aromatic heterocycles. The zero-order valence-corrected chi connectivity index (χ0v) is 20.5. The fourth-order valence-electron chi connectivity index (χ4n) is 4.51. The lowest BCUT2D eigenvalue weighted by Gasteiger charge is -2.07. The molecule has 5 aromatic rings. The summed E-state index contributed by atoms with van der Waals surface area (Å²) in [6.07, 6.45) is 8.36. The molecule has 0 amide bonds. The van der Waals surface area contributed by atoms with E-state index < -0.39 is 0 Å². The minimum Gasteiger partial charge on any atom is -0.394 e. The normalized spacial score (nSPS) is 11.7. The van der Waals surface area contributed by atoms with E-state index in [9.17, 15) is 0 Å². The van der Waals surface area contributed by atoms with Gasteiger partial charge in [-0.15, -0.1) is 0 Å². The van der Waals surface area contributed by atoms with Crippen molar-refractivity contribution < 1.29 is 0 Å². The molecule has 0 unspecified atom stereocenters. The van der Waals surface area contributed by atoms with Crippen molar-refractivity contribution in [3.05, 3.63) is 114 Å². The molecule has 0 bridgehead atoms. The summed E-state index contributed by atoms with van der Waals surface area (Å²) in [5, 5.41) is 8.99. The molecule has 5 rings (SSSR count). The minimum atomic E-state index is 0.796. The topological polar surface area (TPSA) is 29.0 Å². The third-order valence-corrected chi connectivity index (χ3v) is 6.50. The number of aryl methyl sites for hydroxylation is 2. The van der Waals surface area contributed by atoms with Gasteiger partial charge in [0.25, 0.3) is 0 Å². The monoisotopic (exact) mass is 457 g/mol. The van der Waals surface area contributed by atoms with Gasteiger partial charge < -0.3 is 15.2 Å². The number of hydrogen-bond donors (Lipinski definition) is 2. The number of benzene rings is 4. The maximum absolute atomic E-state index is 3.41. The van der Waals surface area contributed by atoms with Gasteiger partial charge in [-0.05, 0) is 65.7 Å². The maximum atomic E-state index is 3.41. The summed E-state index contributed by atoms with van der Waals surface area (Å²) in [5.74, 6) is 0. The quantitative estimate of drug-likeness (QED) is 0.246. The lowest BCUT2D eigenvalue weighted by atomic mass is 10.0. The molecule has 2 N–H and O–H groups in total. The van der Waals surface area contributed by atoms with E-state index in [1.807, 2.05) is 13.2 Å². The summed E-state index contributed by atoms with van der Waals surface area (Å²) < 4.78 is 2.31. The van der Waals surface area contributed by atoms with Crippen molar-refractivity contribution in [2.75, 3.05) is 18.9 Å². The van der Waals surface area contributed by atoms with E-state index >= 15 is 0 Å². The molecule has 4 aromatic carbocycles. The molecule has 0 aliphatic carbocycles. The third-order valence-electron chi connectivity index (χ3n) is 6.50. The van der Waals surface area contributed by atoms with Crippen LogP contribution in [0.5, 0.6) is 0 Å². The van der Waals surface area contributed by atoms with Crippen LogP contribution in [0.1, 0.15) is 16.7 Å². The Hall–Kier alpha value is -4.24. The second-order valence-corrected chi connectivity index (χ2v) is 8.96. The second-order valence-electron chi connectivity index (χ2n) is 8.96. The van der Waals surface area contributed by atoms with Crippen LogP contribution in [0.15, 0.2) is 97.2 Å². The van der Waals surface area contributed by atoms with Crippen LogP contribution >= 0.6 is 0 Å². The van der Waals surface area contributed by atoms with Crippen LogP contribution in [0.4, 0.5) is 5.69 Å². The first kappa shape index (κ1) is 22.5. The summed E-state index contributed by atoms with van der Waals surface area (Å²) in [7, 11) is 4.06. The largest absolute Gasteiger partial charge is 0.394 e. The van der Waals surface area contributed by atoms with Gasteiger partial charge in [-0.1, -0.05) is 78.4 Å². The molecular weight excluding hydrogens is 426 g/mol. The van der Waals surface area contributed by atoms with Crippen LogP contribution in [0.2, 0.25) is 0 Å². The van der Waals surface area contributed by atoms with Crippen molar-refractivity contribution in [1.29, 1.82) is 0 Å². The van der Waals surface area contributed by atoms with Crippen LogP contribution in [0.25, 0.3) is 45.1 Å². The fraction of sp³-hybridized carbons (Fsp3) is 0.125. The van der Waals surface area contributed by atoms with Gasteiger partial charge in [0, 0.05) is 48.1 Å². The van der Waals surface area contributed by atoms with Gasteiger partial charge in [0.15, 0.2) is 0 Å². The first-order valence-corrected chi connectivity index (χ1v) is 12.1. The lowest BCUT2D eigenvalue weighted by Crippen LogP contribution is -2.00. The molecule has 174 valence electrons. The average molecular weight is 458 g/mol. The average Bonchev–Trinajstić information content (AvgIpc) is 3.17. The molecule has 0 atom stereocenters. The Labute approximate surface area is 207 Å². The van der Waals surface area contributed by atoms with Gasteiger partial charge in [-0.2, -0.15) is 0 Å². The number of nitrogens with zero attached hydrogens (tertiary/aromatic N) is 1. The molecular formula is C32H31N3. The Bertz CT molecular complexity index is 1520. The van der Waals surface area contributed by atoms with Crippen molar-refractivity contribution >= 4 is 39.6 Å². The highest BCUT2D eigenvalue weighted by molar-refractivity contribution is 6.09. The molecule has 0 saturated carbocycles. The Morgan fingerprint density at radius 3 is 2.09 bits per heavy atom. The van der Waals surface area contributed by atoms with Gasteiger partial charge in [0.1, 0.15) is 0 Å². The minimum absolute atomic E-state index is 0.796. The fourth-order valence-corrected chi connectivity index (χ4v) is 4.51. The number of aromatic nitrogens is 1. The van der Waals surface area contributed by atoms with Gasteiger partial charge in [0.2, 0.25) is 0 Å². The molecule has 3 nitrogen and oxygen atoms in total. The molecule has 1 heterocycles. The molecule has 0 fully saturated rings. The van der Waals surface area contributed by atoms with Crippen LogP contribution in [0, 0.1) is 6.92 Å². The van der Waals surface area contributed by atoms with Gasteiger partial charge in [0.05, 0.1) is 0 Å². The van der Waals surface area contributed by atoms with Gasteiger partial charge >= 0.3 is 0 Å². The number of fused-ring (bicyclic) bond motifs is 3. The van der Waals surface area contributed by atoms with E-state index in [2.05, 4.69) is 132 Å². The van der Waals surface area contributed by atoms with E-state index in [1.54, 1.807) is 0 Å². The Morgan fingerprint density at radius 2 is 1.34 bits per heavy atom. The first-order chi connectivity index (χ1) is 17.1. The highest BCUT2D eigenvalue weighted by Gasteiger charge is 2.10. The molecule has 3 heteroatoms. The van der Waals surface area contributed by atoms with Gasteiger partial charge in [-0.25, -0.2) is 0 Å². The van der Waals surface area contributed by atoms with Crippen molar-refractivity contribution in [2.45, 2.75) is 6.92 Å². The van der Waals surface area contributed by atoms with E-state index in [-0.39, 0.29) is 0 Å². The SMILES string of the molecule is CN/C=C\CNc1ccc(-c2ccc3c4ccc(/C=C/c5ccc(C)cc5)cc4n(C)c3c2)cc1. The first-order valence-electron chi connectivity index (χ1n) is 12.1. The Morgan fingerprint density at radius 1 is 0.714 bits per heavy atom. The summed E-state index contributed by atoms with van der Waals surface area (Å²) in [6.45, 7) is 2.91. The summed E-state index contributed by atoms with van der Waals surface area (Å²) in [5.41, 5.74) is 9.76. The highest BCUT2D eigenvalue weighted by Crippen LogP contribution is 2.33. The van der Waals surface area contributed by atoms with Crippen molar-refractivity contribution in [3.8, 4) is 11.1 Å². The Balaban J connectivity index is 1.42. The molecule has 0 aliphatic rings. The van der Waals surface area contributed by atoms with E-state index in [0.29, 0.717) is 0 Å². The lowest BCUT2D eigenvalue weighted by molar-refractivity contribution is 1.01. The van der Waals surface area contributed by atoms with E-state index in [0.717, 1.165) is 12.2 Å². The van der Waals surface area contributed by atoms with Crippen molar-refractivity contribution in [1.82, 2.24) is 9.88 Å². The standard InChI is InChI=1S/C32H31N3/c1-23-5-7-24(8-6-23)9-10-25-11-17-29-30-18-14-27(22-32(30)35(3)31(29)21-25)26-12-15-28(16-13-26)34-20-4-19-33-2/h4-19,21-22,33-34H,20H2,1-3H3/b10-9+,19-4-. The number of anilines is 1. The van der Waals surface area contributed by atoms with Crippen LogP contribution < -0.4 is 10.6 Å². The zero-order valence-electron chi connectivity index (χ0n) is 20.5.